The third-order valence-corrected chi connectivity index (χ3v) is 7.15. The first-order chi connectivity index (χ1) is 18.9. The minimum absolute atomic E-state index is 0.144. The van der Waals surface area contributed by atoms with Gasteiger partial charge >= 0.3 is 0 Å². The van der Waals surface area contributed by atoms with Crippen LogP contribution in [0.5, 0.6) is 0 Å². The Morgan fingerprint density at radius 2 is 1.64 bits per heavy atom. The maximum atomic E-state index is 13.4. The van der Waals surface area contributed by atoms with Crippen molar-refractivity contribution in [3.8, 4) is 0 Å². The minimum atomic E-state index is -1.16. The van der Waals surface area contributed by atoms with Crippen LogP contribution in [0.15, 0.2) is 60.8 Å². The molecule has 4 rings (SSSR count). The SMILES string of the molecule is NCCN(CCN)C(=O)CC(N)C(=O)NC(Cc1nc2ccccc2s1)C(=O)Nc1cnc2ccccc2c1. The summed E-state index contributed by atoms with van der Waals surface area (Å²) in [6.07, 6.45) is 1.46. The van der Waals surface area contributed by atoms with Gasteiger partial charge in [-0.3, -0.25) is 19.4 Å². The quantitative estimate of drug-likeness (QED) is 0.173. The van der Waals surface area contributed by atoms with Gasteiger partial charge in [0.15, 0.2) is 0 Å². The molecule has 3 amide bonds. The topological polar surface area (TPSA) is 182 Å². The van der Waals surface area contributed by atoms with Crippen LogP contribution in [-0.4, -0.2) is 70.9 Å². The highest BCUT2D eigenvalue weighted by Gasteiger charge is 2.28. The van der Waals surface area contributed by atoms with Gasteiger partial charge in [0.05, 0.1) is 45.1 Å². The zero-order chi connectivity index (χ0) is 27.8. The summed E-state index contributed by atoms with van der Waals surface area (Å²) >= 11 is 1.44. The summed E-state index contributed by atoms with van der Waals surface area (Å²) in [6, 6.07) is 14.8. The Morgan fingerprint density at radius 1 is 0.949 bits per heavy atom. The molecular formula is C27H32N8O3S. The second kappa shape index (κ2) is 13.2. The van der Waals surface area contributed by atoms with Crippen LogP contribution in [0.25, 0.3) is 21.1 Å². The Labute approximate surface area is 229 Å². The van der Waals surface area contributed by atoms with Gasteiger partial charge in [-0.05, 0) is 24.3 Å². The number of fused-ring (bicyclic) bond motifs is 2. The van der Waals surface area contributed by atoms with Crippen LogP contribution in [-0.2, 0) is 20.8 Å². The van der Waals surface area contributed by atoms with Crippen LogP contribution in [0.4, 0.5) is 5.69 Å². The molecule has 2 heterocycles. The van der Waals surface area contributed by atoms with Gasteiger partial charge in [-0.15, -0.1) is 11.3 Å². The molecule has 204 valence electrons. The summed E-state index contributed by atoms with van der Waals surface area (Å²) in [6.45, 7) is 1.15. The molecule has 0 radical (unpaired) electrons. The standard InChI is InChI=1S/C27H32N8O3S/c28-9-11-35(12-10-29)25(36)14-19(30)26(37)34-22(15-24-33-21-7-3-4-8-23(21)39-24)27(38)32-18-13-17-5-1-2-6-20(17)31-16-18/h1-8,13,16,19,22H,9-12,14-15,28-30H2,(H,32,38)(H,34,37). The number of hydrogen-bond acceptors (Lipinski definition) is 9. The lowest BCUT2D eigenvalue weighted by Crippen LogP contribution is -2.52. The van der Waals surface area contributed by atoms with E-state index in [2.05, 4.69) is 20.6 Å². The first kappa shape index (κ1) is 28.0. The Hall–Kier alpha value is -3.97. The molecule has 4 aromatic rings. The molecule has 0 fully saturated rings. The van der Waals surface area contributed by atoms with Crippen molar-refractivity contribution in [2.45, 2.75) is 24.9 Å². The van der Waals surface area contributed by atoms with E-state index in [-0.39, 0.29) is 31.8 Å². The molecule has 0 aliphatic heterocycles. The van der Waals surface area contributed by atoms with Gasteiger partial charge in [-0.25, -0.2) is 4.98 Å². The Balaban J connectivity index is 1.50. The van der Waals surface area contributed by atoms with Crippen LogP contribution in [0.3, 0.4) is 0 Å². The molecule has 11 nitrogen and oxygen atoms in total. The lowest BCUT2D eigenvalue weighted by Gasteiger charge is -2.24. The van der Waals surface area contributed by atoms with E-state index >= 15 is 0 Å². The Bertz CT molecular complexity index is 1420. The monoisotopic (exact) mass is 548 g/mol. The number of nitrogens with two attached hydrogens (primary N) is 3. The number of amides is 3. The molecule has 0 aliphatic carbocycles. The average molecular weight is 549 g/mol. The number of anilines is 1. The Kier molecular flexibility index (Phi) is 9.49. The third kappa shape index (κ3) is 7.33. The smallest absolute Gasteiger partial charge is 0.247 e. The number of aromatic nitrogens is 2. The Morgan fingerprint density at radius 3 is 2.36 bits per heavy atom. The van der Waals surface area contributed by atoms with E-state index in [9.17, 15) is 14.4 Å². The molecule has 0 spiro atoms. The fourth-order valence-corrected chi connectivity index (χ4v) is 5.13. The summed E-state index contributed by atoms with van der Waals surface area (Å²) in [5.41, 5.74) is 19.3. The van der Waals surface area contributed by atoms with Crippen molar-refractivity contribution in [3.05, 3.63) is 65.8 Å². The fraction of sp³-hybridized carbons (Fsp3) is 0.296. The van der Waals surface area contributed by atoms with E-state index in [4.69, 9.17) is 17.2 Å². The van der Waals surface area contributed by atoms with Crippen LogP contribution in [0.2, 0.25) is 0 Å². The second-order valence-corrected chi connectivity index (χ2v) is 10.1. The van der Waals surface area contributed by atoms with E-state index < -0.39 is 23.9 Å². The number of para-hydroxylation sites is 2. The van der Waals surface area contributed by atoms with Gasteiger partial charge in [0.1, 0.15) is 6.04 Å². The highest BCUT2D eigenvalue weighted by molar-refractivity contribution is 7.18. The van der Waals surface area contributed by atoms with E-state index in [1.54, 1.807) is 6.20 Å². The van der Waals surface area contributed by atoms with E-state index in [1.807, 2.05) is 54.6 Å². The summed E-state index contributed by atoms with van der Waals surface area (Å²) < 4.78 is 0.971. The number of nitrogens with zero attached hydrogens (tertiary/aromatic N) is 3. The molecular weight excluding hydrogens is 516 g/mol. The molecule has 2 atom stereocenters. The van der Waals surface area contributed by atoms with Crippen molar-refractivity contribution in [2.24, 2.45) is 17.2 Å². The fourth-order valence-electron chi connectivity index (χ4n) is 4.12. The maximum Gasteiger partial charge on any atom is 0.247 e. The van der Waals surface area contributed by atoms with Crippen LogP contribution < -0.4 is 27.8 Å². The van der Waals surface area contributed by atoms with Crippen molar-refractivity contribution in [1.82, 2.24) is 20.2 Å². The lowest BCUT2D eigenvalue weighted by atomic mass is 10.1. The molecule has 2 unspecified atom stereocenters. The van der Waals surface area contributed by atoms with Crippen LogP contribution in [0.1, 0.15) is 11.4 Å². The van der Waals surface area contributed by atoms with Crippen molar-refractivity contribution < 1.29 is 14.4 Å². The van der Waals surface area contributed by atoms with Gasteiger partial charge < -0.3 is 32.7 Å². The minimum Gasteiger partial charge on any atom is -0.343 e. The first-order valence-corrected chi connectivity index (χ1v) is 13.4. The summed E-state index contributed by atoms with van der Waals surface area (Å²) in [5, 5.41) is 7.11. The molecule has 2 aromatic heterocycles. The molecule has 0 bridgehead atoms. The van der Waals surface area contributed by atoms with Crippen molar-refractivity contribution >= 4 is 55.9 Å². The zero-order valence-electron chi connectivity index (χ0n) is 21.4. The molecule has 0 saturated carbocycles. The van der Waals surface area contributed by atoms with Gasteiger partial charge in [0, 0.05) is 38.0 Å². The largest absolute Gasteiger partial charge is 0.343 e. The van der Waals surface area contributed by atoms with Crippen molar-refractivity contribution in [1.29, 1.82) is 0 Å². The number of carbonyl (C=O) groups is 3. The summed E-state index contributed by atoms with van der Waals surface area (Å²) in [5.74, 6) is -1.41. The van der Waals surface area contributed by atoms with Gasteiger partial charge in [-0.1, -0.05) is 30.3 Å². The predicted octanol–water partition coefficient (Wildman–Crippen LogP) is 0.974. The van der Waals surface area contributed by atoms with E-state index in [1.165, 1.54) is 16.2 Å². The molecule has 12 heteroatoms. The number of carbonyl (C=O) groups excluding carboxylic acids is 3. The van der Waals surface area contributed by atoms with Gasteiger partial charge in [0.25, 0.3) is 0 Å². The van der Waals surface area contributed by atoms with Crippen molar-refractivity contribution in [3.63, 3.8) is 0 Å². The molecule has 2 aromatic carbocycles. The zero-order valence-corrected chi connectivity index (χ0v) is 22.2. The molecule has 0 aliphatic rings. The lowest BCUT2D eigenvalue weighted by molar-refractivity contribution is -0.134. The highest BCUT2D eigenvalue weighted by atomic mass is 32.1. The van der Waals surface area contributed by atoms with Crippen LogP contribution >= 0.6 is 11.3 Å². The molecule has 39 heavy (non-hydrogen) atoms. The number of hydrogen-bond donors (Lipinski definition) is 5. The number of rotatable bonds is 12. The molecule has 0 saturated heterocycles. The number of thiazole rings is 1. The van der Waals surface area contributed by atoms with Gasteiger partial charge in [-0.2, -0.15) is 0 Å². The maximum absolute atomic E-state index is 13.4. The first-order valence-electron chi connectivity index (χ1n) is 12.6. The second-order valence-electron chi connectivity index (χ2n) is 9.02. The van der Waals surface area contributed by atoms with Crippen LogP contribution in [0, 0.1) is 0 Å². The third-order valence-electron chi connectivity index (χ3n) is 6.09. The number of benzene rings is 2. The summed E-state index contributed by atoms with van der Waals surface area (Å²) in [7, 11) is 0. The highest BCUT2D eigenvalue weighted by Crippen LogP contribution is 2.23. The predicted molar refractivity (Wildman–Crippen MR) is 153 cm³/mol. The normalized spacial score (nSPS) is 12.7. The van der Waals surface area contributed by atoms with Gasteiger partial charge in [0.2, 0.25) is 17.7 Å². The summed E-state index contributed by atoms with van der Waals surface area (Å²) in [4.78, 5) is 49.6. The number of nitrogens with one attached hydrogen (secondary N) is 2. The molecule has 8 N–H and O–H groups in total. The average Bonchev–Trinajstić information content (AvgIpc) is 3.35. The van der Waals surface area contributed by atoms with E-state index in [0.29, 0.717) is 23.8 Å². The van der Waals surface area contributed by atoms with E-state index in [0.717, 1.165) is 21.1 Å². The van der Waals surface area contributed by atoms with Crippen molar-refractivity contribution in [2.75, 3.05) is 31.5 Å². The number of pyridine rings is 1.